The van der Waals surface area contributed by atoms with Gasteiger partial charge in [-0.25, -0.2) is 4.98 Å². The van der Waals surface area contributed by atoms with Crippen LogP contribution in [0.2, 0.25) is 0 Å². The Bertz CT molecular complexity index is 652. The highest BCUT2D eigenvalue weighted by Crippen LogP contribution is 2.48. The molecule has 1 amide bonds. The number of aliphatic carboxylic acids is 1. The number of nitrogens with one attached hydrogen (secondary N) is 1. The molecule has 1 heterocycles. The average Bonchev–Trinajstić information content (AvgIpc) is 3.11. The summed E-state index contributed by atoms with van der Waals surface area (Å²) in [5.41, 5.74) is 0.929. The largest absolute Gasteiger partial charge is 0.481 e. The van der Waals surface area contributed by atoms with E-state index in [2.05, 4.69) is 10.3 Å². The van der Waals surface area contributed by atoms with Gasteiger partial charge in [-0.2, -0.15) is 0 Å². The molecule has 1 aromatic heterocycles. The second kappa shape index (κ2) is 5.50. The molecule has 6 heteroatoms. The minimum Gasteiger partial charge on any atom is -0.481 e. The maximum Gasteiger partial charge on any atom is 0.307 e. The van der Waals surface area contributed by atoms with Crippen molar-refractivity contribution >= 4 is 23.2 Å². The Hall–Kier alpha value is -1.69. The fourth-order valence-electron chi connectivity index (χ4n) is 3.84. The molecule has 2 aliphatic rings. The third-order valence-corrected chi connectivity index (χ3v) is 5.99. The molecule has 118 valence electrons. The lowest BCUT2D eigenvalue weighted by molar-refractivity contribution is -0.148. The molecule has 5 nitrogen and oxygen atoms in total. The van der Waals surface area contributed by atoms with E-state index in [1.807, 2.05) is 32.9 Å². The van der Waals surface area contributed by atoms with Crippen molar-refractivity contribution in [1.82, 2.24) is 10.3 Å². The number of aryl methyl sites for hydroxylation is 2. The van der Waals surface area contributed by atoms with Gasteiger partial charge >= 0.3 is 5.97 Å². The molecule has 0 aliphatic heterocycles. The third kappa shape index (κ3) is 2.45. The van der Waals surface area contributed by atoms with Crippen molar-refractivity contribution in [2.45, 2.75) is 33.2 Å². The van der Waals surface area contributed by atoms with Gasteiger partial charge in [0.2, 0.25) is 5.91 Å². The summed E-state index contributed by atoms with van der Waals surface area (Å²) < 4.78 is 0. The summed E-state index contributed by atoms with van der Waals surface area (Å²) in [4.78, 5) is 29.5. The van der Waals surface area contributed by atoms with Crippen LogP contribution in [0.4, 0.5) is 0 Å². The van der Waals surface area contributed by atoms with Crippen LogP contribution in [0.1, 0.15) is 35.0 Å². The summed E-state index contributed by atoms with van der Waals surface area (Å²) >= 11 is 1.57. The standard InChI is InChI=1S/C16H20N2O3S/c1-7-14(22-9(3)17-7)8(2)18-15(19)12-10-4-5-11(6-10)13(12)16(20)21/h4-5,8,10-13H,6H2,1-3H3,(H,18,19)(H,20,21). The molecule has 0 saturated heterocycles. The molecule has 2 aliphatic carbocycles. The molecule has 2 bridgehead atoms. The Labute approximate surface area is 133 Å². The summed E-state index contributed by atoms with van der Waals surface area (Å²) in [6.45, 7) is 5.80. The number of aromatic nitrogens is 1. The number of carboxylic acid groups (broad SMARTS) is 1. The summed E-state index contributed by atoms with van der Waals surface area (Å²) in [5.74, 6) is -2.00. The summed E-state index contributed by atoms with van der Waals surface area (Å²) in [6, 6.07) is -0.142. The van der Waals surface area contributed by atoms with Gasteiger partial charge in [0, 0.05) is 4.88 Å². The molecule has 22 heavy (non-hydrogen) atoms. The lowest BCUT2D eigenvalue weighted by Crippen LogP contribution is -2.41. The van der Waals surface area contributed by atoms with Crippen LogP contribution in [0.3, 0.4) is 0 Å². The fourth-order valence-corrected chi connectivity index (χ4v) is 4.77. The van der Waals surface area contributed by atoms with E-state index in [0.717, 1.165) is 22.0 Å². The van der Waals surface area contributed by atoms with E-state index in [0.29, 0.717) is 0 Å². The lowest BCUT2D eigenvalue weighted by atomic mass is 9.82. The van der Waals surface area contributed by atoms with Crippen molar-refractivity contribution < 1.29 is 14.7 Å². The first-order valence-electron chi connectivity index (χ1n) is 7.54. The number of amides is 1. The van der Waals surface area contributed by atoms with Crippen molar-refractivity contribution in [1.29, 1.82) is 0 Å². The minimum atomic E-state index is -0.866. The highest BCUT2D eigenvalue weighted by Gasteiger charge is 2.51. The number of allylic oxidation sites excluding steroid dienone is 2. The van der Waals surface area contributed by atoms with Crippen LogP contribution in [0.5, 0.6) is 0 Å². The number of rotatable bonds is 4. The zero-order valence-electron chi connectivity index (χ0n) is 12.9. The zero-order chi connectivity index (χ0) is 16.0. The maximum absolute atomic E-state index is 12.6. The Kier molecular flexibility index (Phi) is 3.80. The highest BCUT2D eigenvalue weighted by molar-refractivity contribution is 7.11. The summed E-state index contributed by atoms with van der Waals surface area (Å²) in [7, 11) is 0. The van der Waals surface area contributed by atoms with Crippen LogP contribution in [-0.2, 0) is 9.59 Å². The number of carboxylic acids is 1. The first-order valence-corrected chi connectivity index (χ1v) is 8.35. The van der Waals surface area contributed by atoms with E-state index >= 15 is 0 Å². The van der Waals surface area contributed by atoms with Gasteiger partial charge in [0.25, 0.3) is 0 Å². The average molecular weight is 320 g/mol. The van der Waals surface area contributed by atoms with Crippen molar-refractivity contribution in [2.24, 2.45) is 23.7 Å². The maximum atomic E-state index is 12.6. The highest BCUT2D eigenvalue weighted by atomic mass is 32.1. The number of fused-ring (bicyclic) bond motifs is 2. The topological polar surface area (TPSA) is 79.3 Å². The molecule has 1 fully saturated rings. The van der Waals surface area contributed by atoms with Gasteiger partial charge in [0.05, 0.1) is 28.6 Å². The molecule has 5 atom stereocenters. The van der Waals surface area contributed by atoms with E-state index in [4.69, 9.17) is 0 Å². The first kappa shape index (κ1) is 15.2. The van der Waals surface area contributed by atoms with Gasteiger partial charge in [0.1, 0.15) is 0 Å². The SMILES string of the molecule is Cc1nc(C)c(C(C)NC(=O)C2C3C=CC(C3)C2C(=O)O)s1. The van der Waals surface area contributed by atoms with Crippen LogP contribution in [0.15, 0.2) is 12.2 Å². The summed E-state index contributed by atoms with van der Waals surface area (Å²) in [5, 5.41) is 13.4. The van der Waals surface area contributed by atoms with E-state index in [1.54, 1.807) is 11.3 Å². The van der Waals surface area contributed by atoms with Crippen molar-refractivity contribution in [3.8, 4) is 0 Å². The zero-order valence-corrected chi connectivity index (χ0v) is 13.7. The number of carbonyl (C=O) groups is 2. The second-order valence-corrected chi connectivity index (χ2v) is 7.49. The number of thiazole rings is 1. The van der Waals surface area contributed by atoms with E-state index in [1.165, 1.54) is 0 Å². The quantitative estimate of drug-likeness (QED) is 0.835. The Balaban J connectivity index is 1.75. The van der Waals surface area contributed by atoms with Crippen LogP contribution < -0.4 is 5.32 Å². The van der Waals surface area contributed by atoms with Crippen LogP contribution >= 0.6 is 11.3 Å². The summed E-state index contributed by atoms with van der Waals surface area (Å²) in [6.07, 6.45) is 4.73. The smallest absolute Gasteiger partial charge is 0.307 e. The van der Waals surface area contributed by atoms with Crippen molar-refractivity contribution in [3.05, 3.63) is 27.7 Å². The van der Waals surface area contributed by atoms with Crippen molar-refractivity contribution in [3.63, 3.8) is 0 Å². The predicted molar refractivity (Wildman–Crippen MR) is 83.5 cm³/mol. The monoisotopic (exact) mass is 320 g/mol. The molecular formula is C16H20N2O3S. The van der Waals surface area contributed by atoms with Crippen LogP contribution in [0.25, 0.3) is 0 Å². The molecule has 0 aromatic carbocycles. The predicted octanol–water partition coefficient (Wildman–Crippen LogP) is 2.46. The number of nitrogens with zero attached hydrogens (tertiary/aromatic N) is 1. The van der Waals surface area contributed by atoms with Crippen molar-refractivity contribution in [2.75, 3.05) is 0 Å². The molecule has 0 radical (unpaired) electrons. The molecule has 2 N–H and O–H groups in total. The molecule has 1 saturated carbocycles. The number of hydrogen-bond acceptors (Lipinski definition) is 4. The normalized spacial score (nSPS) is 30.5. The number of carbonyl (C=O) groups excluding carboxylic acids is 1. The molecular weight excluding hydrogens is 300 g/mol. The molecule has 3 rings (SSSR count). The van der Waals surface area contributed by atoms with E-state index in [-0.39, 0.29) is 23.8 Å². The molecule has 5 unspecified atom stereocenters. The second-order valence-electron chi connectivity index (χ2n) is 6.25. The van der Waals surface area contributed by atoms with Gasteiger partial charge in [-0.05, 0) is 39.0 Å². The third-order valence-electron chi connectivity index (χ3n) is 4.74. The van der Waals surface area contributed by atoms with Crippen LogP contribution in [0, 0.1) is 37.5 Å². The van der Waals surface area contributed by atoms with Gasteiger partial charge in [0.15, 0.2) is 0 Å². The fraction of sp³-hybridized carbons (Fsp3) is 0.562. The first-order chi connectivity index (χ1) is 10.4. The van der Waals surface area contributed by atoms with Gasteiger partial charge in [-0.1, -0.05) is 12.2 Å². The Morgan fingerprint density at radius 2 is 1.95 bits per heavy atom. The minimum absolute atomic E-state index is 0.000871. The Morgan fingerprint density at radius 1 is 1.32 bits per heavy atom. The van der Waals surface area contributed by atoms with Gasteiger partial charge in [-0.3, -0.25) is 9.59 Å². The molecule has 1 aromatic rings. The van der Waals surface area contributed by atoms with Gasteiger partial charge in [-0.15, -0.1) is 11.3 Å². The van der Waals surface area contributed by atoms with Crippen LogP contribution in [-0.4, -0.2) is 22.0 Å². The lowest BCUT2D eigenvalue weighted by Gasteiger charge is -2.25. The number of hydrogen-bond donors (Lipinski definition) is 2. The van der Waals surface area contributed by atoms with Gasteiger partial charge < -0.3 is 10.4 Å². The van der Waals surface area contributed by atoms with E-state index < -0.39 is 17.8 Å². The Morgan fingerprint density at radius 3 is 2.50 bits per heavy atom. The molecule has 0 spiro atoms. The van der Waals surface area contributed by atoms with E-state index in [9.17, 15) is 14.7 Å².